The van der Waals surface area contributed by atoms with Gasteiger partial charge in [-0.15, -0.1) is 5.10 Å². The molecule has 5 rings (SSSR count). The summed E-state index contributed by atoms with van der Waals surface area (Å²) < 4.78 is 64.5. The van der Waals surface area contributed by atoms with E-state index in [1.165, 1.54) is 36.0 Å². The molecule has 2 aromatic carbocycles. The number of nitrogens with one attached hydrogen (secondary N) is 2. The number of methoxy groups -OCH3 is 1. The highest BCUT2D eigenvalue weighted by Crippen LogP contribution is 2.31. The van der Waals surface area contributed by atoms with Gasteiger partial charge in [-0.1, -0.05) is 12.1 Å². The van der Waals surface area contributed by atoms with E-state index < -0.39 is 25.0 Å². The second kappa shape index (κ2) is 10.2. The van der Waals surface area contributed by atoms with Gasteiger partial charge < -0.3 is 20.1 Å². The molecular formula is C26H23F4N5O3. The SMILES string of the molecule is COc1ccc(Oc2cc(NCCC(F)(F)F)c3ncc(-c4ccc(C(=O)NC5CC5)cc4)n3n2)cc1F. The van der Waals surface area contributed by atoms with Gasteiger partial charge in [0.25, 0.3) is 5.91 Å². The summed E-state index contributed by atoms with van der Waals surface area (Å²) in [5, 5.41) is 10.1. The molecule has 38 heavy (non-hydrogen) atoms. The Bertz CT molecular complexity index is 1470. The summed E-state index contributed by atoms with van der Waals surface area (Å²) in [6.45, 7) is -0.396. The maximum absolute atomic E-state index is 14.2. The normalized spacial score (nSPS) is 13.4. The first-order chi connectivity index (χ1) is 18.2. The number of rotatable bonds is 9. The number of imidazole rings is 1. The van der Waals surface area contributed by atoms with Crippen LogP contribution in [0.25, 0.3) is 16.9 Å². The van der Waals surface area contributed by atoms with Crippen LogP contribution in [-0.2, 0) is 0 Å². The van der Waals surface area contributed by atoms with Gasteiger partial charge in [0.05, 0.1) is 31.1 Å². The number of fused-ring (bicyclic) bond motifs is 1. The molecule has 1 saturated carbocycles. The molecule has 1 fully saturated rings. The first kappa shape index (κ1) is 25.3. The van der Waals surface area contributed by atoms with E-state index in [0.717, 1.165) is 18.9 Å². The number of halogens is 4. The molecule has 4 aromatic rings. The van der Waals surface area contributed by atoms with Crippen molar-refractivity contribution in [3.63, 3.8) is 0 Å². The van der Waals surface area contributed by atoms with E-state index >= 15 is 0 Å². The highest BCUT2D eigenvalue weighted by Gasteiger charge is 2.27. The van der Waals surface area contributed by atoms with Crippen molar-refractivity contribution in [2.24, 2.45) is 0 Å². The minimum absolute atomic E-state index is 0.00347. The Morgan fingerprint density at radius 2 is 1.89 bits per heavy atom. The molecule has 1 aliphatic rings. The molecule has 2 heterocycles. The number of carbonyl (C=O) groups is 1. The molecule has 2 N–H and O–H groups in total. The molecular weight excluding hydrogens is 506 g/mol. The van der Waals surface area contributed by atoms with E-state index in [1.807, 2.05) is 0 Å². The fourth-order valence-electron chi connectivity index (χ4n) is 3.78. The van der Waals surface area contributed by atoms with Crippen LogP contribution in [0.5, 0.6) is 17.4 Å². The van der Waals surface area contributed by atoms with Gasteiger partial charge in [-0.3, -0.25) is 4.79 Å². The summed E-state index contributed by atoms with van der Waals surface area (Å²) in [5.74, 6) is -0.667. The summed E-state index contributed by atoms with van der Waals surface area (Å²) in [6, 6.07) is 12.4. The zero-order chi connectivity index (χ0) is 26.9. The molecule has 0 bridgehead atoms. The largest absolute Gasteiger partial charge is 0.494 e. The smallest absolute Gasteiger partial charge is 0.390 e. The van der Waals surface area contributed by atoms with Crippen molar-refractivity contribution in [1.82, 2.24) is 19.9 Å². The average molecular weight is 529 g/mol. The van der Waals surface area contributed by atoms with Gasteiger partial charge in [-0.25, -0.2) is 13.9 Å². The molecule has 2 aromatic heterocycles. The van der Waals surface area contributed by atoms with E-state index in [4.69, 9.17) is 9.47 Å². The Balaban J connectivity index is 1.48. The molecule has 0 spiro atoms. The van der Waals surface area contributed by atoms with Crippen LogP contribution >= 0.6 is 0 Å². The van der Waals surface area contributed by atoms with Crippen molar-refractivity contribution in [3.8, 4) is 28.6 Å². The van der Waals surface area contributed by atoms with Gasteiger partial charge in [0.1, 0.15) is 5.75 Å². The van der Waals surface area contributed by atoms with Crippen molar-refractivity contribution >= 4 is 17.2 Å². The minimum Gasteiger partial charge on any atom is -0.494 e. The van der Waals surface area contributed by atoms with Gasteiger partial charge in [0, 0.05) is 35.8 Å². The van der Waals surface area contributed by atoms with Crippen LogP contribution < -0.4 is 20.1 Å². The summed E-state index contributed by atoms with van der Waals surface area (Å²) in [4.78, 5) is 16.7. The lowest BCUT2D eigenvalue weighted by molar-refractivity contribution is -0.131. The predicted octanol–water partition coefficient (Wildman–Crippen LogP) is 5.59. The molecule has 198 valence electrons. The zero-order valence-corrected chi connectivity index (χ0v) is 20.2. The molecule has 0 unspecified atom stereocenters. The molecule has 0 atom stereocenters. The van der Waals surface area contributed by atoms with Crippen molar-refractivity contribution < 1.29 is 31.8 Å². The van der Waals surface area contributed by atoms with Crippen LogP contribution in [0.15, 0.2) is 54.7 Å². The fourth-order valence-corrected chi connectivity index (χ4v) is 3.78. The maximum Gasteiger partial charge on any atom is 0.390 e. The Labute approximate surface area is 214 Å². The third kappa shape index (κ3) is 5.79. The second-order valence-electron chi connectivity index (χ2n) is 8.79. The summed E-state index contributed by atoms with van der Waals surface area (Å²) in [6.07, 6.45) is -1.93. The molecule has 0 radical (unpaired) electrons. The number of amides is 1. The van der Waals surface area contributed by atoms with Crippen molar-refractivity contribution in [2.75, 3.05) is 19.0 Å². The van der Waals surface area contributed by atoms with Gasteiger partial charge >= 0.3 is 6.18 Å². The number of benzene rings is 2. The lowest BCUT2D eigenvalue weighted by atomic mass is 10.1. The second-order valence-corrected chi connectivity index (χ2v) is 8.79. The summed E-state index contributed by atoms with van der Waals surface area (Å²) in [7, 11) is 1.33. The van der Waals surface area contributed by atoms with E-state index in [-0.39, 0.29) is 40.7 Å². The number of hydrogen-bond acceptors (Lipinski definition) is 6. The molecule has 8 nitrogen and oxygen atoms in total. The lowest BCUT2D eigenvalue weighted by Crippen LogP contribution is -2.25. The van der Waals surface area contributed by atoms with Crippen LogP contribution in [0.1, 0.15) is 29.6 Å². The van der Waals surface area contributed by atoms with Crippen LogP contribution in [0.3, 0.4) is 0 Å². The minimum atomic E-state index is -4.34. The number of alkyl halides is 3. The van der Waals surface area contributed by atoms with Gasteiger partial charge in [0.2, 0.25) is 5.88 Å². The Morgan fingerprint density at radius 1 is 1.13 bits per heavy atom. The zero-order valence-electron chi connectivity index (χ0n) is 20.2. The number of carbonyl (C=O) groups excluding carboxylic acids is 1. The number of aromatic nitrogens is 3. The third-order valence-electron chi connectivity index (χ3n) is 5.87. The Hall–Kier alpha value is -4.35. The van der Waals surface area contributed by atoms with Gasteiger partial charge in [-0.2, -0.15) is 13.2 Å². The molecule has 0 saturated heterocycles. The van der Waals surface area contributed by atoms with Gasteiger partial charge in [-0.05, 0) is 37.1 Å². The molecule has 0 aliphatic heterocycles. The van der Waals surface area contributed by atoms with Crippen LogP contribution in [0.4, 0.5) is 23.2 Å². The summed E-state index contributed by atoms with van der Waals surface area (Å²) >= 11 is 0. The Morgan fingerprint density at radius 3 is 2.55 bits per heavy atom. The van der Waals surface area contributed by atoms with Crippen molar-refractivity contribution in [3.05, 3.63) is 66.1 Å². The molecule has 1 amide bonds. The fraction of sp³-hybridized carbons (Fsp3) is 0.269. The molecule has 12 heteroatoms. The predicted molar refractivity (Wildman–Crippen MR) is 131 cm³/mol. The van der Waals surface area contributed by atoms with E-state index in [0.29, 0.717) is 16.8 Å². The highest BCUT2D eigenvalue weighted by molar-refractivity contribution is 5.95. The first-order valence-electron chi connectivity index (χ1n) is 11.8. The van der Waals surface area contributed by atoms with Crippen molar-refractivity contribution in [2.45, 2.75) is 31.5 Å². The van der Waals surface area contributed by atoms with E-state index in [1.54, 1.807) is 24.3 Å². The first-order valence-corrected chi connectivity index (χ1v) is 11.8. The van der Waals surface area contributed by atoms with Crippen molar-refractivity contribution in [1.29, 1.82) is 0 Å². The van der Waals surface area contributed by atoms with E-state index in [2.05, 4.69) is 20.7 Å². The Kier molecular flexibility index (Phi) is 6.79. The highest BCUT2D eigenvalue weighted by atomic mass is 19.4. The van der Waals surface area contributed by atoms with Crippen LogP contribution in [0.2, 0.25) is 0 Å². The lowest BCUT2D eigenvalue weighted by Gasteiger charge is -2.13. The number of nitrogens with zero attached hydrogens (tertiary/aromatic N) is 3. The van der Waals surface area contributed by atoms with E-state index in [9.17, 15) is 22.4 Å². The maximum atomic E-state index is 14.2. The quantitative estimate of drug-likeness (QED) is 0.275. The standard InChI is InChI=1S/C26H23F4N5O3/c1-37-22-9-8-18(12-19(22)27)38-23-13-20(31-11-10-26(28,29)30)24-32-14-21(35(24)34-23)15-2-4-16(5-3-15)25(36)33-17-6-7-17/h2-5,8-9,12-14,17,31H,6-7,10-11H2,1H3,(H,33,36). The third-order valence-corrected chi connectivity index (χ3v) is 5.87. The van der Waals surface area contributed by atoms with Crippen LogP contribution in [0, 0.1) is 5.82 Å². The van der Waals surface area contributed by atoms with Gasteiger partial charge in [0.15, 0.2) is 17.2 Å². The number of anilines is 1. The summed E-state index contributed by atoms with van der Waals surface area (Å²) in [5.41, 5.74) is 2.20. The average Bonchev–Trinajstić information content (AvgIpc) is 3.59. The van der Waals surface area contributed by atoms with Crippen LogP contribution in [-0.4, -0.2) is 46.4 Å². The topological polar surface area (TPSA) is 89.8 Å². The molecule has 1 aliphatic carbocycles. The monoisotopic (exact) mass is 529 g/mol. The number of hydrogen-bond donors (Lipinski definition) is 2. The number of ether oxygens (including phenoxy) is 2.